The highest BCUT2D eigenvalue weighted by molar-refractivity contribution is 7.10. The van der Waals surface area contributed by atoms with Gasteiger partial charge in [0.05, 0.1) is 12.7 Å². The first-order valence-corrected chi connectivity index (χ1v) is 7.94. The lowest BCUT2D eigenvalue weighted by Gasteiger charge is -2.30. The van der Waals surface area contributed by atoms with Gasteiger partial charge in [0.15, 0.2) is 0 Å². The van der Waals surface area contributed by atoms with E-state index in [4.69, 9.17) is 4.74 Å². The summed E-state index contributed by atoms with van der Waals surface area (Å²) in [6.45, 7) is 6.55. The third-order valence-corrected chi connectivity index (χ3v) is 5.43. The summed E-state index contributed by atoms with van der Waals surface area (Å²) in [4.78, 5) is 13.1. The van der Waals surface area contributed by atoms with Crippen LogP contribution in [0.5, 0.6) is 0 Å². The number of rotatable bonds is 4. The highest BCUT2D eigenvalue weighted by Crippen LogP contribution is 2.39. The van der Waals surface area contributed by atoms with Gasteiger partial charge in [-0.25, -0.2) is 4.79 Å². The fraction of sp³-hybridized carbons (Fsp3) is 0.667. The number of piperidine rings is 1. The van der Waals surface area contributed by atoms with Crippen LogP contribution in [-0.2, 0) is 4.74 Å². The maximum absolute atomic E-state index is 11.7. The van der Waals surface area contributed by atoms with E-state index in [9.17, 15) is 4.79 Å². The van der Waals surface area contributed by atoms with Crippen molar-refractivity contribution < 1.29 is 9.53 Å². The smallest absolute Gasteiger partial charge is 0.338 e. The van der Waals surface area contributed by atoms with Gasteiger partial charge in [0.1, 0.15) is 0 Å². The maximum atomic E-state index is 11.7. The van der Waals surface area contributed by atoms with Gasteiger partial charge in [-0.05, 0) is 56.7 Å². The fourth-order valence-electron chi connectivity index (χ4n) is 3.09. The zero-order chi connectivity index (χ0) is 13.8. The molecular formula is C15H23NO2S. The SMILES string of the molecule is CCC(c1scc(C(=O)OC)c1C)C1CCNCC1. The van der Waals surface area contributed by atoms with Crippen LogP contribution >= 0.6 is 11.3 Å². The molecule has 1 atom stereocenters. The van der Waals surface area contributed by atoms with Crippen LogP contribution in [0, 0.1) is 12.8 Å². The molecule has 0 aliphatic carbocycles. The summed E-state index contributed by atoms with van der Waals surface area (Å²) in [5.74, 6) is 1.12. The Labute approximate surface area is 119 Å². The number of carbonyl (C=O) groups is 1. The first-order chi connectivity index (χ1) is 9.19. The van der Waals surface area contributed by atoms with Crippen molar-refractivity contribution in [2.75, 3.05) is 20.2 Å². The van der Waals surface area contributed by atoms with Crippen LogP contribution in [0.25, 0.3) is 0 Å². The number of carbonyl (C=O) groups excluding carboxylic acids is 1. The maximum Gasteiger partial charge on any atom is 0.338 e. The van der Waals surface area contributed by atoms with Gasteiger partial charge >= 0.3 is 5.97 Å². The Morgan fingerprint density at radius 2 is 2.21 bits per heavy atom. The minimum atomic E-state index is -0.208. The molecule has 3 nitrogen and oxygen atoms in total. The molecular weight excluding hydrogens is 258 g/mol. The third-order valence-electron chi connectivity index (χ3n) is 4.21. The molecule has 0 bridgehead atoms. The van der Waals surface area contributed by atoms with Crippen molar-refractivity contribution in [2.24, 2.45) is 5.92 Å². The van der Waals surface area contributed by atoms with Crippen molar-refractivity contribution in [3.63, 3.8) is 0 Å². The van der Waals surface area contributed by atoms with Gasteiger partial charge in [0, 0.05) is 10.3 Å². The average molecular weight is 281 g/mol. The monoisotopic (exact) mass is 281 g/mol. The summed E-state index contributed by atoms with van der Waals surface area (Å²) >= 11 is 1.72. The lowest BCUT2D eigenvalue weighted by Crippen LogP contribution is -2.30. The van der Waals surface area contributed by atoms with Gasteiger partial charge in [0.2, 0.25) is 0 Å². The molecule has 106 valence electrons. The van der Waals surface area contributed by atoms with E-state index in [0.29, 0.717) is 5.92 Å². The van der Waals surface area contributed by atoms with Crippen LogP contribution in [-0.4, -0.2) is 26.2 Å². The van der Waals surface area contributed by atoms with E-state index in [-0.39, 0.29) is 5.97 Å². The van der Waals surface area contributed by atoms with Crippen LogP contribution in [0.1, 0.15) is 52.9 Å². The molecule has 1 fully saturated rings. The van der Waals surface area contributed by atoms with E-state index in [2.05, 4.69) is 19.2 Å². The normalized spacial score (nSPS) is 18.3. The molecule has 0 spiro atoms. The Morgan fingerprint density at radius 3 is 2.79 bits per heavy atom. The average Bonchev–Trinajstić information content (AvgIpc) is 2.82. The minimum Gasteiger partial charge on any atom is -0.465 e. The molecule has 1 aliphatic heterocycles. The molecule has 4 heteroatoms. The Hall–Kier alpha value is -0.870. The number of nitrogens with one attached hydrogen (secondary N) is 1. The molecule has 0 radical (unpaired) electrons. The molecule has 19 heavy (non-hydrogen) atoms. The van der Waals surface area contributed by atoms with Crippen molar-refractivity contribution in [1.82, 2.24) is 5.32 Å². The molecule has 1 N–H and O–H groups in total. The fourth-order valence-corrected chi connectivity index (χ4v) is 4.43. The molecule has 0 amide bonds. The molecule has 1 unspecified atom stereocenters. The van der Waals surface area contributed by atoms with E-state index in [0.717, 1.165) is 36.6 Å². The second kappa shape index (κ2) is 6.53. The lowest BCUT2D eigenvalue weighted by molar-refractivity contribution is 0.0600. The van der Waals surface area contributed by atoms with Crippen molar-refractivity contribution in [3.05, 3.63) is 21.4 Å². The van der Waals surface area contributed by atoms with Crippen LogP contribution < -0.4 is 5.32 Å². The predicted molar refractivity (Wildman–Crippen MR) is 79.0 cm³/mol. The second-order valence-electron chi connectivity index (χ2n) is 5.23. The molecule has 1 aliphatic rings. The van der Waals surface area contributed by atoms with Crippen LogP contribution in [0.15, 0.2) is 5.38 Å². The van der Waals surface area contributed by atoms with Crippen molar-refractivity contribution >= 4 is 17.3 Å². The number of esters is 1. The molecule has 1 saturated heterocycles. The number of hydrogen-bond donors (Lipinski definition) is 1. The summed E-state index contributed by atoms with van der Waals surface area (Å²) in [6.07, 6.45) is 3.62. The number of hydrogen-bond acceptors (Lipinski definition) is 4. The third kappa shape index (κ3) is 3.00. The zero-order valence-electron chi connectivity index (χ0n) is 12.0. The second-order valence-corrected chi connectivity index (χ2v) is 6.14. The van der Waals surface area contributed by atoms with Gasteiger partial charge < -0.3 is 10.1 Å². The number of ether oxygens (including phenoxy) is 1. The Bertz CT molecular complexity index is 435. The summed E-state index contributed by atoms with van der Waals surface area (Å²) in [5.41, 5.74) is 1.87. The van der Waals surface area contributed by atoms with E-state index in [1.165, 1.54) is 24.8 Å². The van der Waals surface area contributed by atoms with Crippen molar-refractivity contribution in [1.29, 1.82) is 0 Å². The first-order valence-electron chi connectivity index (χ1n) is 7.06. The van der Waals surface area contributed by atoms with E-state index >= 15 is 0 Å². The number of methoxy groups -OCH3 is 1. The van der Waals surface area contributed by atoms with E-state index in [1.807, 2.05) is 5.38 Å². The van der Waals surface area contributed by atoms with Crippen LogP contribution in [0.3, 0.4) is 0 Å². The summed E-state index contributed by atoms with van der Waals surface area (Å²) in [6, 6.07) is 0. The molecule has 1 aromatic rings. The molecule has 0 aromatic carbocycles. The van der Waals surface area contributed by atoms with E-state index < -0.39 is 0 Å². The Balaban J connectivity index is 2.23. The molecule has 2 rings (SSSR count). The highest BCUT2D eigenvalue weighted by Gasteiger charge is 2.27. The Kier molecular flexibility index (Phi) is 4.99. The van der Waals surface area contributed by atoms with Crippen molar-refractivity contribution in [2.45, 2.75) is 39.0 Å². The lowest BCUT2D eigenvalue weighted by atomic mass is 9.81. The van der Waals surface area contributed by atoms with Crippen LogP contribution in [0.4, 0.5) is 0 Å². The summed E-state index contributed by atoms with van der Waals surface area (Å²) in [5, 5.41) is 5.38. The van der Waals surface area contributed by atoms with Gasteiger partial charge in [-0.15, -0.1) is 11.3 Å². The topological polar surface area (TPSA) is 38.3 Å². The zero-order valence-corrected chi connectivity index (χ0v) is 12.8. The van der Waals surface area contributed by atoms with E-state index in [1.54, 1.807) is 11.3 Å². The molecule has 1 aromatic heterocycles. The largest absolute Gasteiger partial charge is 0.465 e. The van der Waals surface area contributed by atoms with Gasteiger partial charge in [0.25, 0.3) is 0 Å². The van der Waals surface area contributed by atoms with Crippen molar-refractivity contribution in [3.8, 4) is 0 Å². The van der Waals surface area contributed by atoms with Crippen LogP contribution in [0.2, 0.25) is 0 Å². The quantitative estimate of drug-likeness (QED) is 0.860. The molecule has 0 saturated carbocycles. The Morgan fingerprint density at radius 1 is 1.53 bits per heavy atom. The molecule has 2 heterocycles. The van der Waals surface area contributed by atoms with Gasteiger partial charge in [-0.2, -0.15) is 0 Å². The highest BCUT2D eigenvalue weighted by atomic mass is 32.1. The number of thiophene rings is 1. The standard InChI is InChI=1S/C15H23NO2S/c1-4-12(11-5-7-16-8-6-11)14-10(2)13(9-19-14)15(17)18-3/h9,11-12,16H,4-8H2,1-3H3. The first kappa shape index (κ1) is 14.5. The summed E-state index contributed by atoms with van der Waals surface area (Å²) < 4.78 is 4.85. The summed E-state index contributed by atoms with van der Waals surface area (Å²) in [7, 11) is 1.45. The van der Waals surface area contributed by atoms with Gasteiger partial charge in [-0.1, -0.05) is 6.92 Å². The minimum absolute atomic E-state index is 0.208. The van der Waals surface area contributed by atoms with Gasteiger partial charge in [-0.3, -0.25) is 0 Å². The predicted octanol–water partition coefficient (Wildman–Crippen LogP) is 3.34.